The zero-order chi connectivity index (χ0) is 21.1. The highest BCUT2D eigenvalue weighted by Gasteiger charge is 2.25. The van der Waals surface area contributed by atoms with E-state index < -0.39 is 6.04 Å². The second kappa shape index (κ2) is 8.75. The lowest BCUT2D eigenvalue weighted by Gasteiger charge is -2.18. The lowest BCUT2D eigenvalue weighted by atomic mass is 9.89. The Morgan fingerprint density at radius 1 is 1.37 bits per heavy atom. The molecule has 154 valence electrons. The molecule has 1 N–H and O–H groups in total. The minimum absolute atomic E-state index is 0.150. The summed E-state index contributed by atoms with van der Waals surface area (Å²) in [4.78, 5) is 32.1. The van der Waals surface area contributed by atoms with E-state index >= 15 is 0 Å². The number of nitrogens with zero attached hydrogens (tertiary/aromatic N) is 3. The fraction of sp³-hybridized carbons (Fsp3) is 0.304. The number of hydrogen-bond acceptors (Lipinski definition) is 5. The molecule has 1 aromatic carbocycles. The van der Waals surface area contributed by atoms with Crippen molar-refractivity contribution >= 4 is 39.8 Å². The van der Waals surface area contributed by atoms with Crippen molar-refractivity contribution in [2.75, 3.05) is 0 Å². The predicted molar refractivity (Wildman–Crippen MR) is 122 cm³/mol. The van der Waals surface area contributed by atoms with Gasteiger partial charge in [-0.15, -0.1) is 11.3 Å². The maximum atomic E-state index is 13.1. The quantitative estimate of drug-likeness (QED) is 0.501. The lowest BCUT2D eigenvalue weighted by molar-refractivity contribution is -0.123. The Bertz CT molecular complexity index is 1180. The Labute approximate surface area is 179 Å². The molecule has 3 aromatic rings. The molecular weight excluding hydrogens is 396 g/mol. The van der Waals surface area contributed by atoms with Gasteiger partial charge in [-0.3, -0.25) is 14.2 Å². The molecule has 7 heteroatoms. The Balaban J connectivity index is 1.48. The molecule has 2 heterocycles. The van der Waals surface area contributed by atoms with Crippen molar-refractivity contribution in [3.63, 3.8) is 0 Å². The van der Waals surface area contributed by atoms with E-state index in [2.05, 4.69) is 22.4 Å². The normalized spacial score (nSPS) is 17.5. The van der Waals surface area contributed by atoms with E-state index in [0.29, 0.717) is 11.3 Å². The van der Waals surface area contributed by atoms with Crippen LogP contribution in [0.4, 0.5) is 0 Å². The van der Waals surface area contributed by atoms with Crippen molar-refractivity contribution in [2.24, 2.45) is 11.0 Å². The van der Waals surface area contributed by atoms with Crippen molar-refractivity contribution in [3.05, 3.63) is 69.1 Å². The average molecular weight is 421 g/mol. The summed E-state index contributed by atoms with van der Waals surface area (Å²) in [6.45, 7) is 3.92. The monoisotopic (exact) mass is 420 g/mol. The Morgan fingerprint density at radius 3 is 2.97 bits per heavy atom. The molecule has 30 heavy (non-hydrogen) atoms. The Kier molecular flexibility index (Phi) is 5.90. The zero-order valence-corrected chi connectivity index (χ0v) is 17.9. The molecule has 4 rings (SSSR count). The van der Waals surface area contributed by atoms with Crippen LogP contribution in [0.2, 0.25) is 0 Å². The summed E-state index contributed by atoms with van der Waals surface area (Å²) in [5, 5.41) is 4.63. The van der Waals surface area contributed by atoms with Gasteiger partial charge in [-0.25, -0.2) is 10.4 Å². The molecule has 0 saturated heterocycles. The van der Waals surface area contributed by atoms with Crippen molar-refractivity contribution < 1.29 is 4.79 Å². The summed E-state index contributed by atoms with van der Waals surface area (Å²) >= 11 is 1.61. The van der Waals surface area contributed by atoms with Gasteiger partial charge in [-0.1, -0.05) is 43.3 Å². The van der Waals surface area contributed by atoms with Crippen LogP contribution in [0.3, 0.4) is 0 Å². The highest BCUT2D eigenvalue weighted by Crippen LogP contribution is 2.35. The van der Waals surface area contributed by atoms with Gasteiger partial charge in [0.25, 0.3) is 11.5 Å². The molecule has 0 bridgehead atoms. The summed E-state index contributed by atoms with van der Waals surface area (Å²) in [6, 6.07) is 9.10. The molecule has 0 unspecified atom stereocenters. The van der Waals surface area contributed by atoms with E-state index in [1.54, 1.807) is 24.3 Å². The van der Waals surface area contributed by atoms with Crippen LogP contribution >= 0.6 is 11.3 Å². The summed E-state index contributed by atoms with van der Waals surface area (Å²) in [6.07, 6.45) is 9.60. The van der Waals surface area contributed by atoms with Crippen LogP contribution in [0.25, 0.3) is 16.3 Å². The van der Waals surface area contributed by atoms with E-state index in [-0.39, 0.29) is 11.5 Å². The SMILES string of the molecule is C[C@@H]1CCc2c(sc3ncn([C@H](C)C(=O)N/N=C/C=C/c4ccccc4)c(=O)c23)C1. The van der Waals surface area contributed by atoms with Crippen molar-refractivity contribution in [2.45, 2.75) is 39.2 Å². The molecule has 2 atom stereocenters. The average Bonchev–Trinajstić information content (AvgIpc) is 3.12. The molecular formula is C23H24N4O2S. The smallest absolute Gasteiger partial charge is 0.263 e. The molecule has 1 amide bonds. The molecule has 2 aromatic heterocycles. The number of aromatic nitrogens is 2. The Hall–Kier alpha value is -3.06. The number of carbonyl (C=O) groups excluding carboxylic acids is 1. The van der Waals surface area contributed by atoms with Gasteiger partial charge in [0.15, 0.2) is 0 Å². The van der Waals surface area contributed by atoms with Crippen LogP contribution in [0.1, 0.15) is 42.3 Å². The topological polar surface area (TPSA) is 76.3 Å². The highest BCUT2D eigenvalue weighted by molar-refractivity contribution is 7.18. The van der Waals surface area contributed by atoms with Gasteiger partial charge in [0.05, 0.1) is 11.7 Å². The van der Waals surface area contributed by atoms with Gasteiger partial charge >= 0.3 is 0 Å². The number of fused-ring (bicyclic) bond motifs is 3. The van der Waals surface area contributed by atoms with Crippen molar-refractivity contribution in [1.29, 1.82) is 0 Å². The first kappa shape index (κ1) is 20.2. The number of carbonyl (C=O) groups is 1. The summed E-state index contributed by atoms with van der Waals surface area (Å²) < 4.78 is 1.40. The first-order chi connectivity index (χ1) is 14.5. The molecule has 0 aliphatic heterocycles. The fourth-order valence-electron chi connectivity index (χ4n) is 3.70. The predicted octanol–water partition coefficient (Wildman–Crippen LogP) is 3.96. The molecule has 1 aliphatic carbocycles. The maximum absolute atomic E-state index is 13.1. The van der Waals surface area contributed by atoms with E-state index in [4.69, 9.17) is 0 Å². The van der Waals surface area contributed by atoms with Crippen LogP contribution in [-0.4, -0.2) is 21.7 Å². The third-order valence-electron chi connectivity index (χ3n) is 5.46. The fourth-order valence-corrected chi connectivity index (χ4v) is 5.04. The summed E-state index contributed by atoms with van der Waals surface area (Å²) in [5.74, 6) is 0.270. The van der Waals surface area contributed by atoms with Crippen LogP contribution < -0.4 is 11.0 Å². The molecule has 0 saturated carbocycles. The molecule has 1 aliphatic rings. The van der Waals surface area contributed by atoms with E-state index in [1.807, 2.05) is 36.4 Å². The Morgan fingerprint density at radius 2 is 2.17 bits per heavy atom. The zero-order valence-electron chi connectivity index (χ0n) is 17.0. The number of hydrazone groups is 1. The van der Waals surface area contributed by atoms with Gasteiger partial charge < -0.3 is 0 Å². The minimum atomic E-state index is -0.706. The number of allylic oxidation sites excluding steroid dienone is 1. The largest absolute Gasteiger partial charge is 0.286 e. The molecule has 0 fully saturated rings. The standard InChI is InChI=1S/C23H24N4O2S/c1-15-10-11-18-19(13-15)30-22-20(18)23(29)27(14-24-22)16(2)21(28)26-25-12-6-9-17-7-4-3-5-8-17/h3-9,12,14-16H,10-11,13H2,1-2H3,(H,26,28)/b9-6+,25-12+/t15-,16-/m1/s1. The van der Waals surface area contributed by atoms with Crippen LogP contribution in [0, 0.1) is 5.92 Å². The summed E-state index contributed by atoms with van der Waals surface area (Å²) in [7, 11) is 0. The number of thiophene rings is 1. The first-order valence-electron chi connectivity index (χ1n) is 10.1. The summed E-state index contributed by atoms with van der Waals surface area (Å²) in [5.41, 5.74) is 4.51. The third kappa shape index (κ3) is 4.11. The van der Waals surface area contributed by atoms with Gasteiger partial charge in [-0.05, 0) is 49.3 Å². The van der Waals surface area contributed by atoms with Crippen LogP contribution in [0.5, 0.6) is 0 Å². The van der Waals surface area contributed by atoms with Gasteiger partial charge in [0.1, 0.15) is 10.9 Å². The van der Waals surface area contributed by atoms with E-state index in [9.17, 15) is 9.59 Å². The number of benzene rings is 1. The second-order valence-corrected chi connectivity index (χ2v) is 8.77. The van der Waals surface area contributed by atoms with Gasteiger partial charge in [-0.2, -0.15) is 5.10 Å². The molecule has 0 spiro atoms. The number of aryl methyl sites for hydroxylation is 1. The highest BCUT2D eigenvalue weighted by atomic mass is 32.1. The van der Waals surface area contributed by atoms with E-state index in [1.165, 1.54) is 22.0 Å². The van der Waals surface area contributed by atoms with Crippen molar-refractivity contribution in [1.82, 2.24) is 15.0 Å². The van der Waals surface area contributed by atoms with Crippen LogP contribution in [0.15, 0.2) is 52.6 Å². The third-order valence-corrected chi connectivity index (χ3v) is 6.62. The number of amides is 1. The van der Waals surface area contributed by atoms with Gasteiger partial charge in [0.2, 0.25) is 0 Å². The number of hydrogen-bond donors (Lipinski definition) is 1. The first-order valence-corrected chi connectivity index (χ1v) is 10.9. The second-order valence-electron chi connectivity index (χ2n) is 7.69. The maximum Gasteiger partial charge on any atom is 0.263 e. The number of nitrogens with one attached hydrogen (secondary N) is 1. The minimum Gasteiger partial charge on any atom is -0.286 e. The number of rotatable bonds is 5. The molecule has 6 nitrogen and oxygen atoms in total. The van der Waals surface area contributed by atoms with Crippen molar-refractivity contribution in [3.8, 4) is 0 Å². The van der Waals surface area contributed by atoms with Gasteiger partial charge in [0, 0.05) is 11.1 Å². The van der Waals surface area contributed by atoms with E-state index in [0.717, 1.165) is 35.2 Å². The van der Waals surface area contributed by atoms with Crippen LogP contribution in [-0.2, 0) is 17.6 Å². The molecule has 0 radical (unpaired) electrons. The lowest BCUT2D eigenvalue weighted by Crippen LogP contribution is -2.34.